The molecule has 2 nitrogen and oxygen atoms in total. The van der Waals surface area contributed by atoms with Crippen molar-refractivity contribution in [1.82, 2.24) is 0 Å². The molecular weight excluding hydrogens is 302 g/mol. The molecule has 19 heavy (non-hydrogen) atoms. The molecule has 1 fully saturated rings. The summed E-state index contributed by atoms with van der Waals surface area (Å²) in [5.74, 6) is 0.392. The Labute approximate surface area is 124 Å². The highest BCUT2D eigenvalue weighted by atomic mass is 79.9. The van der Waals surface area contributed by atoms with Gasteiger partial charge in [0, 0.05) is 16.4 Å². The molecule has 1 unspecified atom stereocenters. The van der Waals surface area contributed by atoms with Crippen LogP contribution in [-0.2, 0) is 4.79 Å². The van der Waals surface area contributed by atoms with Crippen LogP contribution in [0.15, 0.2) is 24.3 Å². The summed E-state index contributed by atoms with van der Waals surface area (Å²) < 4.78 is 0. The zero-order valence-corrected chi connectivity index (χ0v) is 13.1. The number of anilines is 1. The van der Waals surface area contributed by atoms with Crippen molar-refractivity contribution < 1.29 is 4.79 Å². The second kappa shape index (κ2) is 7.09. The first-order valence-corrected chi connectivity index (χ1v) is 8.14. The highest BCUT2D eigenvalue weighted by molar-refractivity contribution is 9.09. The predicted molar refractivity (Wildman–Crippen MR) is 83.6 cm³/mol. The molecule has 1 aliphatic carbocycles. The Morgan fingerprint density at radius 2 is 1.84 bits per heavy atom. The fraction of sp³-hybridized carbons (Fsp3) is 0.562. The van der Waals surface area contributed by atoms with Gasteiger partial charge in [-0.1, -0.05) is 59.8 Å². The van der Waals surface area contributed by atoms with Crippen molar-refractivity contribution in [2.24, 2.45) is 5.92 Å². The van der Waals surface area contributed by atoms with E-state index in [0.29, 0.717) is 0 Å². The Balaban J connectivity index is 2.05. The molecule has 0 spiro atoms. The normalized spacial score (nSPS) is 18.6. The molecule has 0 aromatic heterocycles. The van der Waals surface area contributed by atoms with Gasteiger partial charge in [0.1, 0.15) is 0 Å². The van der Waals surface area contributed by atoms with E-state index in [2.05, 4.69) is 34.2 Å². The quantitative estimate of drug-likeness (QED) is 0.612. The van der Waals surface area contributed by atoms with Crippen LogP contribution in [0.3, 0.4) is 0 Å². The van der Waals surface area contributed by atoms with Gasteiger partial charge in [0.15, 0.2) is 0 Å². The van der Waals surface area contributed by atoms with Crippen LogP contribution in [-0.4, -0.2) is 5.91 Å². The van der Waals surface area contributed by atoms with E-state index in [9.17, 15) is 4.79 Å². The molecule has 1 aromatic rings. The van der Waals surface area contributed by atoms with E-state index in [1.165, 1.54) is 25.7 Å². The van der Waals surface area contributed by atoms with Crippen LogP contribution >= 0.6 is 15.9 Å². The maximum absolute atomic E-state index is 12.4. The average Bonchev–Trinajstić information content (AvgIpc) is 2.68. The maximum Gasteiger partial charge on any atom is 0.227 e. The van der Waals surface area contributed by atoms with Crippen molar-refractivity contribution in [2.75, 3.05) is 5.32 Å². The van der Waals surface area contributed by atoms with Crippen LogP contribution in [0.2, 0.25) is 0 Å². The van der Waals surface area contributed by atoms with Gasteiger partial charge in [-0.05, 0) is 31.4 Å². The Bertz CT molecular complexity index is 423. The number of hydrogen-bond acceptors (Lipinski definition) is 1. The monoisotopic (exact) mass is 323 g/mol. The molecular formula is C16H22BrNO. The minimum atomic E-state index is 0.196. The molecule has 0 saturated heterocycles. The van der Waals surface area contributed by atoms with Gasteiger partial charge < -0.3 is 5.32 Å². The predicted octanol–water partition coefficient (Wildman–Crippen LogP) is 5.05. The fourth-order valence-corrected chi connectivity index (χ4v) is 3.13. The SMILES string of the molecule is CC(Br)c1ccccc1NC(=O)C1CCCCCC1. The fourth-order valence-electron chi connectivity index (χ4n) is 2.73. The Morgan fingerprint density at radius 3 is 2.47 bits per heavy atom. The van der Waals surface area contributed by atoms with Crippen LogP contribution in [0.25, 0.3) is 0 Å². The summed E-state index contributed by atoms with van der Waals surface area (Å²) in [5.41, 5.74) is 2.09. The third-order valence-corrected chi connectivity index (χ3v) is 4.37. The molecule has 104 valence electrons. The molecule has 0 aliphatic heterocycles. The molecule has 1 aliphatic rings. The van der Waals surface area contributed by atoms with E-state index < -0.39 is 0 Å². The second-order valence-corrected chi connectivity index (χ2v) is 6.75. The number of carbonyl (C=O) groups is 1. The molecule has 1 atom stereocenters. The summed E-state index contributed by atoms with van der Waals surface area (Å²) in [7, 11) is 0. The number of alkyl halides is 1. The zero-order valence-electron chi connectivity index (χ0n) is 11.5. The van der Waals surface area contributed by atoms with E-state index in [1.54, 1.807) is 0 Å². The molecule has 1 aromatic carbocycles. The first-order chi connectivity index (χ1) is 9.18. The summed E-state index contributed by atoms with van der Waals surface area (Å²) in [5, 5.41) is 3.12. The lowest BCUT2D eigenvalue weighted by molar-refractivity contribution is -0.120. The van der Waals surface area contributed by atoms with Gasteiger partial charge in [-0.15, -0.1) is 0 Å². The van der Waals surface area contributed by atoms with Crippen LogP contribution in [0, 0.1) is 5.92 Å². The molecule has 3 heteroatoms. The van der Waals surface area contributed by atoms with Gasteiger partial charge >= 0.3 is 0 Å². The first kappa shape index (κ1) is 14.6. The Morgan fingerprint density at radius 1 is 1.21 bits per heavy atom. The van der Waals surface area contributed by atoms with Gasteiger partial charge in [0.05, 0.1) is 0 Å². The van der Waals surface area contributed by atoms with Crippen LogP contribution < -0.4 is 5.32 Å². The largest absolute Gasteiger partial charge is 0.326 e. The first-order valence-electron chi connectivity index (χ1n) is 7.22. The summed E-state index contributed by atoms with van der Waals surface area (Å²) >= 11 is 3.58. The smallest absolute Gasteiger partial charge is 0.227 e. The molecule has 2 rings (SSSR count). The van der Waals surface area contributed by atoms with Gasteiger partial charge in [-0.25, -0.2) is 0 Å². The van der Waals surface area contributed by atoms with Crippen molar-refractivity contribution in [3.63, 3.8) is 0 Å². The summed E-state index contributed by atoms with van der Waals surface area (Å²) in [6, 6.07) is 8.03. The molecule has 1 saturated carbocycles. The van der Waals surface area contributed by atoms with Crippen LogP contribution in [0.4, 0.5) is 5.69 Å². The molecule has 1 N–H and O–H groups in total. The summed E-state index contributed by atoms with van der Waals surface area (Å²) in [6.07, 6.45) is 7.01. The lowest BCUT2D eigenvalue weighted by atomic mass is 9.99. The number of halogens is 1. The number of carbonyl (C=O) groups excluding carboxylic acids is 1. The second-order valence-electron chi connectivity index (χ2n) is 5.38. The van der Waals surface area contributed by atoms with Gasteiger partial charge in [0.25, 0.3) is 0 Å². The van der Waals surface area contributed by atoms with Gasteiger partial charge in [0.2, 0.25) is 5.91 Å². The third-order valence-electron chi connectivity index (χ3n) is 3.87. The lowest BCUT2D eigenvalue weighted by Crippen LogP contribution is -2.23. The Hall–Kier alpha value is -0.830. The number of nitrogens with one attached hydrogen (secondary N) is 1. The minimum Gasteiger partial charge on any atom is -0.326 e. The number of para-hydroxylation sites is 1. The minimum absolute atomic E-state index is 0.196. The lowest BCUT2D eigenvalue weighted by Gasteiger charge is -2.17. The van der Waals surface area contributed by atoms with Crippen molar-refractivity contribution in [3.8, 4) is 0 Å². The number of hydrogen-bond donors (Lipinski definition) is 1. The van der Waals surface area contributed by atoms with Gasteiger partial charge in [-0.2, -0.15) is 0 Å². The van der Waals surface area contributed by atoms with Crippen LogP contribution in [0.5, 0.6) is 0 Å². The molecule has 0 bridgehead atoms. The Kier molecular flexibility index (Phi) is 5.44. The zero-order chi connectivity index (χ0) is 13.7. The molecule has 0 heterocycles. The topological polar surface area (TPSA) is 29.1 Å². The standard InChI is InChI=1S/C16H22BrNO/c1-12(17)14-10-6-7-11-15(14)18-16(19)13-8-4-2-3-5-9-13/h6-7,10-13H,2-5,8-9H2,1H3,(H,18,19). The van der Waals surface area contributed by atoms with Crippen molar-refractivity contribution >= 4 is 27.5 Å². The highest BCUT2D eigenvalue weighted by Gasteiger charge is 2.21. The van der Waals surface area contributed by atoms with Crippen molar-refractivity contribution in [1.29, 1.82) is 0 Å². The van der Waals surface area contributed by atoms with E-state index in [-0.39, 0.29) is 16.7 Å². The van der Waals surface area contributed by atoms with E-state index in [1.807, 2.05) is 18.2 Å². The number of benzene rings is 1. The maximum atomic E-state index is 12.4. The number of rotatable bonds is 3. The summed E-state index contributed by atoms with van der Waals surface area (Å²) in [6.45, 7) is 2.08. The summed E-state index contributed by atoms with van der Waals surface area (Å²) in [4.78, 5) is 12.6. The van der Waals surface area contributed by atoms with Gasteiger partial charge in [-0.3, -0.25) is 4.79 Å². The van der Waals surface area contributed by atoms with Crippen LogP contribution in [0.1, 0.15) is 55.8 Å². The number of amides is 1. The van der Waals surface area contributed by atoms with Crippen molar-refractivity contribution in [2.45, 2.75) is 50.3 Å². The van der Waals surface area contributed by atoms with E-state index in [4.69, 9.17) is 0 Å². The third kappa shape index (κ3) is 4.07. The molecule has 0 radical (unpaired) electrons. The van der Waals surface area contributed by atoms with Crippen molar-refractivity contribution in [3.05, 3.63) is 29.8 Å². The van der Waals surface area contributed by atoms with E-state index in [0.717, 1.165) is 24.1 Å². The average molecular weight is 324 g/mol. The molecule has 1 amide bonds. The van der Waals surface area contributed by atoms with E-state index >= 15 is 0 Å². The highest BCUT2D eigenvalue weighted by Crippen LogP contribution is 2.30.